The van der Waals surface area contributed by atoms with Crippen LogP contribution in [-0.2, 0) is 4.74 Å². The van der Waals surface area contributed by atoms with Crippen LogP contribution in [0.5, 0.6) is 0 Å². The summed E-state index contributed by atoms with van der Waals surface area (Å²) in [5.41, 5.74) is 1.64. The number of rotatable bonds is 2. The van der Waals surface area contributed by atoms with Crippen LogP contribution in [0.4, 0.5) is 25.0 Å². The number of amides is 1. The number of anilines is 2. The summed E-state index contributed by atoms with van der Waals surface area (Å²) < 4.78 is 31.1. The third-order valence-electron chi connectivity index (χ3n) is 5.87. The zero-order chi connectivity index (χ0) is 25.3. The van der Waals surface area contributed by atoms with Crippen LogP contribution in [0.25, 0.3) is 0 Å². The molecule has 1 amide bonds. The Balaban J connectivity index is 0.000000211. The number of carbonyl (C=O) groups excluding carboxylic acids is 1. The average molecular weight is 489 g/mol. The highest BCUT2D eigenvalue weighted by Crippen LogP contribution is 2.18. The fourth-order valence-electron chi connectivity index (χ4n) is 4.09. The predicted molar refractivity (Wildman–Crippen MR) is 137 cm³/mol. The van der Waals surface area contributed by atoms with Crippen LogP contribution in [0.15, 0.2) is 48.5 Å². The van der Waals surface area contributed by atoms with Crippen molar-refractivity contribution in [2.75, 3.05) is 62.2 Å². The van der Waals surface area contributed by atoms with E-state index in [0.29, 0.717) is 13.1 Å². The smallest absolute Gasteiger partial charge is 0.410 e. The van der Waals surface area contributed by atoms with Crippen molar-refractivity contribution in [3.8, 4) is 0 Å². The molecule has 0 aromatic heterocycles. The Morgan fingerprint density at radius 2 is 1.29 bits per heavy atom. The summed E-state index contributed by atoms with van der Waals surface area (Å²) in [5.74, 6) is -0.398. The highest BCUT2D eigenvalue weighted by Gasteiger charge is 2.24. The normalized spacial score (nSPS) is 17.1. The highest BCUT2D eigenvalue weighted by atomic mass is 19.1. The molecule has 2 heterocycles. The lowest BCUT2D eigenvalue weighted by molar-refractivity contribution is 0.0263. The van der Waals surface area contributed by atoms with Gasteiger partial charge < -0.3 is 24.8 Å². The molecule has 2 aliphatic heterocycles. The number of ether oxygens (including phenoxy) is 1. The Labute approximate surface area is 207 Å². The van der Waals surface area contributed by atoms with Crippen molar-refractivity contribution < 1.29 is 18.3 Å². The molecule has 192 valence electrons. The van der Waals surface area contributed by atoms with E-state index in [1.807, 2.05) is 32.9 Å². The van der Waals surface area contributed by atoms with Gasteiger partial charge in [0, 0.05) is 57.2 Å². The molecule has 0 saturated carbocycles. The monoisotopic (exact) mass is 488 g/mol. The fourth-order valence-corrected chi connectivity index (χ4v) is 4.09. The van der Waals surface area contributed by atoms with Gasteiger partial charge in [0.25, 0.3) is 0 Å². The van der Waals surface area contributed by atoms with Crippen LogP contribution in [0.2, 0.25) is 0 Å². The number of hydrogen-bond donors (Lipinski definition) is 1. The zero-order valence-corrected chi connectivity index (χ0v) is 21.1. The van der Waals surface area contributed by atoms with Crippen LogP contribution < -0.4 is 15.1 Å². The van der Waals surface area contributed by atoms with Crippen LogP contribution >= 0.6 is 0 Å². The summed E-state index contributed by atoms with van der Waals surface area (Å²) >= 11 is 0. The lowest BCUT2D eigenvalue weighted by Gasteiger charge is -2.27. The summed E-state index contributed by atoms with van der Waals surface area (Å²) in [4.78, 5) is 18.3. The second-order valence-corrected chi connectivity index (χ2v) is 9.85. The van der Waals surface area contributed by atoms with Crippen molar-refractivity contribution in [2.24, 2.45) is 0 Å². The molecule has 2 aromatic rings. The molecule has 0 spiro atoms. The molecule has 0 bridgehead atoms. The maximum atomic E-state index is 13.0. The zero-order valence-electron chi connectivity index (χ0n) is 21.1. The molecule has 0 aliphatic carbocycles. The fraction of sp³-hybridized carbons (Fsp3) is 0.519. The highest BCUT2D eigenvalue weighted by molar-refractivity contribution is 5.68. The summed E-state index contributed by atoms with van der Waals surface area (Å²) in [6, 6.07) is 13.2. The van der Waals surface area contributed by atoms with E-state index < -0.39 is 5.60 Å². The van der Waals surface area contributed by atoms with Crippen molar-refractivity contribution in [3.05, 3.63) is 60.2 Å². The van der Waals surface area contributed by atoms with Crippen molar-refractivity contribution in [3.63, 3.8) is 0 Å². The minimum Gasteiger partial charge on any atom is -0.444 e. The first-order chi connectivity index (χ1) is 16.7. The van der Waals surface area contributed by atoms with Crippen molar-refractivity contribution in [1.29, 1.82) is 0 Å². The Morgan fingerprint density at radius 1 is 0.743 bits per heavy atom. The molecular formula is C27H38F2N4O2. The first kappa shape index (κ1) is 26.7. The number of benzene rings is 2. The van der Waals surface area contributed by atoms with E-state index >= 15 is 0 Å². The molecule has 2 saturated heterocycles. The second kappa shape index (κ2) is 12.7. The lowest BCUT2D eigenvalue weighted by atomic mass is 10.2. The molecule has 0 atom stereocenters. The number of nitrogens with one attached hydrogen (secondary N) is 1. The molecule has 4 rings (SSSR count). The lowest BCUT2D eigenvalue weighted by Crippen LogP contribution is -2.39. The number of hydrogen-bond acceptors (Lipinski definition) is 5. The molecule has 2 aliphatic rings. The maximum Gasteiger partial charge on any atom is 0.410 e. The molecule has 35 heavy (non-hydrogen) atoms. The third-order valence-corrected chi connectivity index (χ3v) is 5.87. The molecular weight excluding hydrogens is 450 g/mol. The summed E-state index contributed by atoms with van der Waals surface area (Å²) in [6.07, 6.45) is 1.76. The van der Waals surface area contributed by atoms with E-state index in [1.165, 1.54) is 24.3 Å². The Morgan fingerprint density at radius 3 is 1.86 bits per heavy atom. The first-order valence-electron chi connectivity index (χ1n) is 12.4. The molecule has 8 heteroatoms. The van der Waals surface area contributed by atoms with E-state index in [0.717, 1.165) is 63.5 Å². The topological polar surface area (TPSA) is 48.1 Å². The Bertz CT molecular complexity index is 908. The summed E-state index contributed by atoms with van der Waals surface area (Å²) in [7, 11) is 0. The molecule has 0 unspecified atom stereocenters. The minimum atomic E-state index is -0.472. The minimum absolute atomic E-state index is 0.165. The van der Waals surface area contributed by atoms with Crippen LogP contribution in [0, 0.1) is 11.6 Å². The van der Waals surface area contributed by atoms with Crippen LogP contribution in [0.3, 0.4) is 0 Å². The number of nitrogens with zero attached hydrogens (tertiary/aromatic N) is 3. The number of halogens is 2. The summed E-state index contributed by atoms with van der Waals surface area (Å²) in [5, 5.41) is 3.34. The van der Waals surface area contributed by atoms with Gasteiger partial charge in [-0.25, -0.2) is 13.6 Å². The van der Waals surface area contributed by atoms with E-state index in [1.54, 1.807) is 17.0 Å². The van der Waals surface area contributed by atoms with E-state index in [-0.39, 0.29) is 17.7 Å². The van der Waals surface area contributed by atoms with Crippen LogP contribution in [0.1, 0.15) is 33.6 Å². The standard InChI is InChI=1S/C16H23FN2O2.C11H15FN2/c1-16(2,3)21-15(20)19-10-4-9-18(11-12-19)14-7-5-13(17)6-8-14;12-10-2-4-11(5-3-10)14-8-1-6-13-7-9-14/h5-8H,4,9-12H2,1-3H3;2-5,13H,1,6-9H2. The third kappa shape index (κ3) is 9.02. The van der Waals surface area contributed by atoms with Gasteiger partial charge in [0.2, 0.25) is 0 Å². The predicted octanol–water partition coefficient (Wildman–Crippen LogP) is 4.90. The Kier molecular flexibility index (Phi) is 9.72. The largest absolute Gasteiger partial charge is 0.444 e. The van der Waals surface area contributed by atoms with Gasteiger partial charge in [0.05, 0.1) is 0 Å². The van der Waals surface area contributed by atoms with Gasteiger partial charge in [-0.1, -0.05) is 0 Å². The number of carbonyl (C=O) groups is 1. The van der Waals surface area contributed by atoms with Gasteiger partial charge in [-0.2, -0.15) is 0 Å². The molecule has 2 fully saturated rings. The van der Waals surface area contributed by atoms with Gasteiger partial charge in [-0.05, 0) is 88.7 Å². The van der Waals surface area contributed by atoms with Gasteiger partial charge in [0.1, 0.15) is 17.2 Å². The first-order valence-corrected chi connectivity index (χ1v) is 12.4. The molecule has 1 N–H and O–H groups in total. The summed E-state index contributed by atoms with van der Waals surface area (Å²) in [6.45, 7) is 12.6. The van der Waals surface area contributed by atoms with E-state index in [9.17, 15) is 13.6 Å². The Hall–Kier alpha value is -2.87. The van der Waals surface area contributed by atoms with Crippen molar-refractivity contribution in [1.82, 2.24) is 10.2 Å². The second-order valence-electron chi connectivity index (χ2n) is 9.85. The van der Waals surface area contributed by atoms with Crippen molar-refractivity contribution >= 4 is 17.5 Å². The van der Waals surface area contributed by atoms with E-state index in [2.05, 4.69) is 15.1 Å². The van der Waals surface area contributed by atoms with Crippen LogP contribution in [-0.4, -0.2) is 69.0 Å². The van der Waals surface area contributed by atoms with Gasteiger partial charge in [-0.3, -0.25) is 0 Å². The van der Waals surface area contributed by atoms with Gasteiger partial charge in [-0.15, -0.1) is 0 Å². The van der Waals surface area contributed by atoms with Gasteiger partial charge >= 0.3 is 6.09 Å². The van der Waals surface area contributed by atoms with E-state index in [4.69, 9.17) is 4.74 Å². The van der Waals surface area contributed by atoms with Crippen molar-refractivity contribution in [2.45, 2.75) is 39.2 Å². The molecule has 0 radical (unpaired) electrons. The molecule has 6 nitrogen and oxygen atoms in total. The van der Waals surface area contributed by atoms with Gasteiger partial charge in [0.15, 0.2) is 0 Å². The quantitative estimate of drug-likeness (QED) is 0.652. The molecule has 2 aromatic carbocycles. The average Bonchev–Trinajstić information content (AvgIpc) is 3.23. The SMILES string of the molecule is CC(C)(C)OC(=O)N1CCCN(c2ccc(F)cc2)CC1.Fc1ccc(N2CCCNCC2)cc1. The maximum absolute atomic E-state index is 13.0.